The molecule has 4 nitrogen and oxygen atoms in total. The second-order valence-corrected chi connectivity index (χ2v) is 3.28. The van der Waals surface area contributed by atoms with E-state index in [-0.39, 0.29) is 5.56 Å². The first-order valence-corrected chi connectivity index (χ1v) is 4.82. The summed E-state index contributed by atoms with van der Waals surface area (Å²) in [5, 5.41) is 0. The molecule has 80 valence electrons. The van der Waals surface area contributed by atoms with Crippen LogP contribution in [0.2, 0.25) is 0 Å². The van der Waals surface area contributed by atoms with Gasteiger partial charge in [0.1, 0.15) is 0 Å². The summed E-state index contributed by atoms with van der Waals surface area (Å²) in [7, 11) is 0. The van der Waals surface area contributed by atoms with Crippen molar-refractivity contribution in [2.75, 3.05) is 6.54 Å². The van der Waals surface area contributed by atoms with E-state index in [2.05, 4.69) is 16.6 Å². The van der Waals surface area contributed by atoms with Gasteiger partial charge in [-0.25, -0.2) is 9.59 Å². The number of fused-ring (bicyclic) bond motifs is 1. The topological polar surface area (TPSA) is 69.4 Å². The van der Waals surface area contributed by atoms with Crippen LogP contribution in [0.1, 0.15) is 32.7 Å². The second-order valence-electron chi connectivity index (χ2n) is 3.28. The van der Waals surface area contributed by atoms with E-state index in [1.807, 2.05) is 0 Å². The summed E-state index contributed by atoms with van der Waals surface area (Å²) in [5.41, 5.74) is 6.56. The lowest BCUT2D eigenvalue weighted by Crippen LogP contribution is -1.96. The summed E-state index contributed by atoms with van der Waals surface area (Å²) in [6.45, 7) is 0.498. The van der Waals surface area contributed by atoms with Crippen molar-refractivity contribution in [1.82, 2.24) is 0 Å². The molecule has 0 aliphatic carbocycles. The van der Waals surface area contributed by atoms with E-state index in [1.165, 1.54) is 0 Å². The lowest BCUT2D eigenvalue weighted by atomic mass is 10.1. The van der Waals surface area contributed by atoms with Gasteiger partial charge < -0.3 is 10.5 Å². The van der Waals surface area contributed by atoms with E-state index in [1.54, 1.807) is 18.2 Å². The number of esters is 2. The first kappa shape index (κ1) is 10.4. The number of carbonyl (C=O) groups excluding carboxylic acids is 2. The minimum Gasteiger partial charge on any atom is -0.386 e. The summed E-state index contributed by atoms with van der Waals surface area (Å²) < 4.78 is 4.47. The maximum atomic E-state index is 11.2. The van der Waals surface area contributed by atoms with Crippen LogP contribution in [0.15, 0.2) is 18.2 Å². The summed E-state index contributed by atoms with van der Waals surface area (Å²) in [6.07, 6.45) is 0.598. The molecule has 0 atom stereocenters. The van der Waals surface area contributed by atoms with Gasteiger partial charge in [-0.15, -0.1) is 0 Å². The third-order valence-electron chi connectivity index (χ3n) is 2.15. The molecule has 0 spiro atoms. The Hall–Kier alpha value is -2.12. The molecule has 0 bridgehead atoms. The Bertz CT molecular complexity index is 523. The molecule has 16 heavy (non-hydrogen) atoms. The monoisotopic (exact) mass is 215 g/mol. The van der Waals surface area contributed by atoms with Gasteiger partial charge in [0, 0.05) is 18.5 Å². The number of carbonyl (C=O) groups is 2. The van der Waals surface area contributed by atoms with E-state index >= 15 is 0 Å². The SMILES string of the molecule is NCCC#Cc1ccc2c(c1)C(=O)OC2=O. The van der Waals surface area contributed by atoms with Crippen molar-refractivity contribution in [1.29, 1.82) is 0 Å². The largest absolute Gasteiger partial charge is 0.386 e. The van der Waals surface area contributed by atoms with Crippen LogP contribution in [0, 0.1) is 11.8 Å². The number of rotatable bonds is 1. The highest BCUT2D eigenvalue weighted by Crippen LogP contribution is 2.20. The number of ether oxygens (including phenoxy) is 1. The molecule has 1 aliphatic heterocycles. The molecule has 1 aliphatic rings. The first-order chi connectivity index (χ1) is 7.72. The van der Waals surface area contributed by atoms with E-state index in [9.17, 15) is 9.59 Å². The van der Waals surface area contributed by atoms with Gasteiger partial charge in [0.05, 0.1) is 11.1 Å². The smallest absolute Gasteiger partial charge is 0.346 e. The Morgan fingerprint density at radius 2 is 1.94 bits per heavy atom. The molecule has 0 aromatic heterocycles. The fraction of sp³-hybridized carbons (Fsp3) is 0.167. The number of hydrogen-bond donors (Lipinski definition) is 1. The maximum absolute atomic E-state index is 11.2. The van der Waals surface area contributed by atoms with Crippen LogP contribution in [-0.2, 0) is 4.74 Å². The first-order valence-electron chi connectivity index (χ1n) is 4.82. The van der Waals surface area contributed by atoms with Crippen molar-refractivity contribution >= 4 is 11.9 Å². The van der Waals surface area contributed by atoms with Crippen LogP contribution in [0.4, 0.5) is 0 Å². The lowest BCUT2D eigenvalue weighted by molar-refractivity contribution is 0.0444. The van der Waals surface area contributed by atoms with Crippen LogP contribution in [0.5, 0.6) is 0 Å². The van der Waals surface area contributed by atoms with E-state index in [0.29, 0.717) is 24.1 Å². The summed E-state index contributed by atoms with van der Waals surface area (Å²) in [4.78, 5) is 22.4. The van der Waals surface area contributed by atoms with Crippen LogP contribution in [0.3, 0.4) is 0 Å². The molecule has 4 heteroatoms. The maximum Gasteiger partial charge on any atom is 0.346 e. The standard InChI is InChI=1S/C12H9NO3/c13-6-2-1-3-8-4-5-9-10(7-8)12(15)16-11(9)14/h4-5,7H,2,6,13H2. The average molecular weight is 215 g/mol. The van der Waals surface area contributed by atoms with Crippen LogP contribution in [0.25, 0.3) is 0 Å². The Morgan fingerprint density at radius 3 is 2.69 bits per heavy atom. The van der Waals surface area contributed by atoms with Crippen molar-refractivity contribution in [3.05, 3.63) is 34.9 Å². The van der Waals surface area contributed by atoms with Gasteiger partial charge in [-0.2, -0.15) is 0 Å². The molecule has 1 aromatic carbocycles. The van der Waals surface area contributed by atoms with Gasteiger partial charge in [0.2, 0.25) is 0 Å². The molecule has 0 saturated carbocycles. The molecule has 0 radical (unpaired) electrons. The minimum atomic E-state index is -0.609. The zero-order valence-electron chi connectivity index (χ0n) is 8.45. The molecular weight excluding hydrogens is 206 g/mol. The Balaban J connectivity index is 2.34. The van der Waals surface area contributed by atoms with Gasteiger partial charge >= 0.3 is 11.9 Å². The van der Waals surface area contributed by atoms with Gasteiger partial charge in [-0.1, -0.05) is 11.8 Å². The van der Waals surface area contributed by atoms with E-state index < -0.39 is 11.9 Å². The summed E-state index contributed by atoms with van der Waals surface area (Å²) in [6, 6.07) is 4.79. The third-order valence-corrected chi connectivity index (χ3v) is 2.15. The number of benzene rings is 1. The predicted octanol–water partition coefficient (Wildman–Crippen LogP) is 0.698. The number of hydrogen-bond acceptors (Lipinski definition) is 4. The molecule has 0 saturated heterocycles. The van der Waals surface area contributed by atoms with Crippen molar-refractivity contribution in [3.8, 4) is 11.8 Å². The van der Waals surface area contributed by atoms with Gasteiger partial charge in [0.25, 0.3) is 0 Å². The van der Waals surface area contributed by atoms with Crippen molar-refractivity contribution < 1.29 is 14.3 Å². The summed E-state index contributed by atoms with van der Waals surface area (Å²) >= 11 is 0. The Morgan fingerprint density at radius 1 is 1.19 bits per heavy atom. The quantitative estimate of drug-likeness (QED) is 0.425. The molecule has 2 rings (SSSR count). The molecule has 1 heterocycles. The number of cyclic esters (lactones) is 2. The lowest BCUT2D eigenvalue weighted by Gasteiger charge is -1.93. The van der Waals surface area contributed by atoms with Crippen molar-refractivity contribution in [3.63, 3.8) is 0 Å². The average Bonchev–Trinajstić information content (AvgIpc) is 2.55. The molecular formula is C12H9NO3. The van der Waals surface area contributed by atoms with Crippen LogP contribution < -0.4 is 5.73 Å². The van der Waals surface area contributed by atoms with E-state index in [4.69, 9.17) is 5.73 Å². The zero-order chi connectivity index (χ0) is 11.5. The Labute approximate surface area is 92.4 Å². The molecule has 0 fully saturated rings. The van der Waals surface area contributed by atoms with Crippen molar-refractivity contribution in [2.24, 2.45) is 5.73 Å². The van der Waals surface area contributed by atoms with Crippen LogP contribution >= 0.6 is 0 Å². The van der Waals surface area contributed by atoms with Gasteiger partial charge in [-0.3, -0.25) is 0 Å². The third kappa shape index (κ3) is 1.81. The molecule has 0 amide bonds. The van der Waals surface area contributed by atoms with Gasteiger partial charge in [-0.05, 0) is 18.2 Å². The Kier molecular flexibility index (Phi) is 2.71. The van der Waals surface area contributed by atoms with Gasteiger partial charge in [0.15, 0.2) is 0 Å². The molecule has 1 aromatic rings. The summed E-state index contributed by atoms with van der Waals surface area (Å²) in [5.74, 6) is 4.51. The van der Waals surface area contributed by atoms with E-state index in [0.717, 1.165) is 0 Å². The fourth-order valence-corrected chi connectivity index (χ4v) is 1.40. The fourth-order valence-electron chi connectivity index (χ4n) is 1.40. The second kappa shape index (κ2) is 4.17. The highest BCUT2D eigenvalue weighted by molar-refractivity contribution is 6.14. The predicted molar refractivity (Wildman–Crippen MR) is 56.7 cm³/mol. The molecule has 0 unspecified atom stereocenters. The number of nitrogens with two attached hydrogens (primary N) is 1. The normalized spacial score (nSPS) is 12.8. The highest BCUT2D eigenvalue weighted by atomic mass is 16.6. The van der Waals surface area contributed by atoms with Crippen LogP contribution in [-0.4, -0.2) is 18.5 Å². The minimum absolute atomic E-state index is 0.282. The zero-order valence-corrected chi connectivity index (χ0v) is 8.45. The molecule has 2 N–H and O–H groups in total. The van der Waals surface area contributed by atoms with Crippen molar-refractivity contribution in [2.45, 2.75) is 6.42 Å². The highest BCUT2D eigenvalue weighted by Gasteiger charge is 2.29.